The van der Waals surface area contributed by atoms with Crippen LogP contribution in [0.1, 0.15) is 17.2 Å². The summed E-state index contributed by atoms with van der Waals surface area (Å²) in [4.78, 5) is 20.9. The number of benzene rings is 2. The van der Waals surface area contributed by atoms with Gasteiger partial charge in [0.05, 0.1) is 5.39 Å². The van der Waals surface area contributed by atoms with Crippen LogP contribution >= 0.6 is 11.6 Å². The fraction of sp³-hybridized carbons (Fsp3) is 0.136. The zero-order chi connectivity index (χ0) is 21.4. The van der Waals surface area contributed by atoms with Crippen molar-refractivity contribution in [2.24, 2.45) is 7.05 Å². The lowest BCUT2D eigenvalue weighted by Crippen LogP contribution is -2.21. The average molecular weight is 422 g/mol. The number of carbonyl (C=O) groups excluding carboxylic acids is 1. The summed E-state index contributed by atoms with van der Waals surface area (Å²) in [5, 5.41) is 14.2. The maximum absolute atomic E-state index is 12.5. The van der Waals surface area contributed by atoms with Gasteiger partial charge in [-0.1, -0.05) is 35.9 Å². The van der Waals surface area contributed by atoms with Crippen LogP contribution in [0.5, 0.6) is 0 Å². The zero-order valence-electron chi connectivity index (χ0n) is 16.4. The maximum Gasteiger partial charge on any atom is 0.257 e. The molecule has 0 aliphatic carbocycles. The highest BCUT2D eigenvalue weighted by atomic mass is 35.5. The molecule has 0 aliphatic rings. The third kappa shape index (κ3) is 3.49. The number of nitrogens with one attached hydrogen (secondary N) is 1. The van der Waals surface area contributed by atoms with Gasteiger partial charge >= 0.3 is 0 Å². The molecule has 2 aromatic heterocycles. The van der Waals surface area contributed by atoms with Crippen molar-refractivity contribution < 1.29 is 9.90 Å². The molecule has 4 aromatic rings. The number of rotatable bonds is 4. The van der Waals surface area contributed by atoms with Crippen LogP contribution in [0.25, 0.3) is 22.2 Å². The second kappa shape index (κ2) is 7.78. The standard InChI is InChI=1S/C22H20ClN5O2/c1-12-9-13(27-22(30)19(29)15-5-3-4-6-17(15)23)7-8-14(12)16-10-28(2)21-18(16)20(24)25-11-26-21/h3-11,19,29H,1-2H3,(H,27,30)(H2,24,25,26). The van der Waals surface area contributed by atoms with Crippen LogP contribution < -0.4 is 11.1 Å². The fourth-order valence-electron chi connectivity index (χ4n) is 3.53. The number of hydrogen-bond acceptors (Lipinski definition) is 5. The number of hydrogen-bond donors (Lipinski definition) is 3. The molecule has 1 amide bonds. The SMILES string of the molecule is Cc1cc(NC(=O)C(O)c2ccccc2Cl)ccc1-c1cn(C)c2ncnc(N)c12. The van der Waals surface area contributed by atoms with E-state index in [1.807, 2.05) is 36.9 Å². The molecule has 1 unspecified atom stereocenters. The smallest absolute Gasteiger partial charge is 0.257 e. The van der Waals surface area contributed by atoms with E-state index in [1.54, 1.807) is 30.3 Å². The van der Waals surface area contributed by atoms with E-state index in [1.165, 1.54) is 6.33 Å². The lowest BCUT2D eigenvalue weighted by Gasteiger charge is -2.14. The zero-order valence-corrected chi connectivity index (χ0v) is 17.2. The molecule has 8 heteroatoms. The van der Waals surface area contributed by atoms with Crippen molar-refractivity contribution in [3.8, 4) is 11.1 Å². The lowest BCUT2D eigenvalue weighted by atomic mass is 10.00. The normalized spacial score (nSPS) is 12.1. The van der Waals surface area contributed by atoms with E-state index in [9.17, 15) is 9.90 Å². The minimum absolute atomic E-state index is 0.336. The van der Waals surface area contributed by atoms with E-state index in [0.717, 1.165) is 27.7 Å². The largest absolute Gasteiger partial charge is 0.383 e. The predicted molar refractivity (Wildman–Crippen MR) is 118 cm³/mol. The van der Waals surface area contributed by atoms with Crippen molar-refractivity contribution in [1.29, 1.82) is 0 Å². The minimum Gasteiger partial charge on any atom is -0.383 e. The highest BCUT2D eigenvalue weighted by molar-refractivity contribution is 6.31. The number of aryl methyl sites for hydroxylation is 2. The average Bonchev–Trinajstić information content (AvgIpc) is 3.05. The number of nitrogen functional groups attached to an aromatic ring is 1. The Kier molecular flexibility index (Phi) is 5.15. The molecular formula is C22H20ClN5O2. The van der Waals surface area contributed by atoms with Crippen molar-refractivity contribution in [1.82, 2.24) is 14.5 Å². The number of fused-ring (bicyclic) bond motifs is 1. The van der Waals surface area contributed by atoms with Gasteiger partial charge in [0.2, 0.25) is 0 Å². The van der Waals surface area contributed by atoms with Gasteiger partial charge in [0.1, 0.15) is 17.8 Å². The van der Waals surface area contributed by atoms with Gasteiger partial charge in [-0.3, -0.25) is 4.79 Å². The van der Waals surface area contributed by atoms with Gasteiger partial charge < -0.3 is 20.7 Å². The van der Waals surface area contributed by atoms with Gasteiger partial charge in [-0.15, -0.1) is 0 Å². The van der Waals surface area contributed by atoms with E-state index < -0.39 is 12.0 Å². The molecular weight excluding hydrogens is 402 g/mol. The van der Waals surface area contributed by atoms with Gasteiger partial charge in [-0.05, 0) is 36.2 Å². The summed E-state index contributed by atoms with van der Waals surface area (Å²) in [5.74, 6) is -0.145. The molecule has 2 aromatic carbocycles. The monoisotopic (exact) mass is 421 g/mol. The van der Waals surface area contributed by atoms with E-state index >= 15 is 0 Å². The summed E-state index contributed by atoms with van der Waals surface area (Å²) in [5.41, 5.74) is 10.6. The first-order valence-electron chi connectivity index (χ1n) is 9.26. The number of nitrogens with two attached hydrogens (primary N) is 1. The number of carbonyl (C=O) groups is 1. The molecule has 0 saturated carbocycles. The Labute approximate surface area is 178 Å². The van der Waals surface area contributed by atoms with E-state index in [4.69, 9.17) is 17.3 Å². The number of aromatic nitrogens is 3. The van der Waals surface area contributed by atoms with Crippen LogP contribution in [0.3, 0.4) is 0 Å². The number of amides is 1. The Balaban J connectivity index is 1.63. The Morgan fingerprint density at radius 2 is 1.97 bits per heavy atom. The topological polar surface area (TPSA) is 106 Å². The summed E-state index contributed by atoms with van der Waals surface area (Å²) in [6.45, 7) is 1.94. The summed E-state index contributed by atoms with van der Waals surface area (Å²) >= 11 is 6.08. The fourth-order valence-corrected chi connectivity index (χ4v) is 3.77. The molecule has 0 saturated heterocycles. The number of aliphatic hydroxyl groups excluding tert-OH is 1. The Bertz CT molecular complexity index is 1270. The third-order valence-electron chi connectivity index (χ3n) is 5.02. The Hall–Kier alpha value is -3.42. The molecule has 152 valence electrons. The molecule has 0 spiro atoms. The van der Waals surface area contributed by atoms with Crippen molar-refractivity contribution in [3.63, 3.8) is 0 Å². The van der Waals surface area contributed by atoms with Crippen LogP contribution in [0, 0.1) is 6.92 Å². The minimum atomic E-state index is -1.37. The second-order valence-electron chi connectivity index (χ2n) is 7.05. The number of halogens is 1. The quantitative estimate of drug-likeness (QED) is 0.464. The van der Waals surface area contributed by atoms with Gasteiger partial charge in [0.15, 0.2) is 6.10 Å². The first-order valence-corrected chi connectivity index (χ1v) is 9.64. The van der Waals surface area contributed by atoms with Gasteiger partial charge in [0, 0.05) is 35.1 Å². The molecule has 7 nitrogen and oxygen atoms in total. The van der Waals surface area contributed by atoms with Crippen LogP contribution in [-0.4, -0.2) is 25.5 Å². The molecule has 4 N–H and O–H groups in total. The summed E-state index contributed by atoms with van der Waals surface area (Å²) in [6.07, 6.45) is 2.03. The number of aliphatic hydroxyl groups is 1. The van der Waals surface area contributed by atoms with Crippen LogP contribution in [0.4, 0.5) is 11.5 Å². The summed E-state index contributed by atoms with van der Waals surface area (Å²) in [7, 11) is 1.90. The van der Waals surface area contributed by atoms with E-state index in [-0.39, 0.29) is 0 Å². The van der Waals surface area contributed by atoms with Crippen LogP contribution in [0.2, 0.25) is 5.02 Å². The molecule has 0 fully saturated rings. The van der Waals surface area contributed by atoms with Crippen LogP contribution in [0.15, 0.2) is 55.0 Å². The van der Waals surface area contributed by atoms with Crippen molar-refractivity contribution in [2.45, 2.75) is 13.0 Å². The highest BCUT2D eigenvalue weighted by Gasteiger charge is 2.20. The molecule has 2 heterocycles. The first kappa shape index (κ1) is 19.9. The van der Waals surface area contributed by atoms with Crippen molar-refractivity contribution in [2.75, 3.05) is 11.1 Å². The molecule has 4 rings (SSSR count). The highest BCUT2D eigenvalue weighted by Crippen LogP contribution is 2.35. The van der Waals surface area contributed by atoms with E-state index in [0.29, 0.717) is 22.1 Å². The maximum atomic E-state index is 12.5. The lowest BCUT2D eigenvalue weighted by molar-refractivity contribution is -0.124. The predicted octanol–water partition coefficient (Wildman–Crippen LogP) is 3.85. The molecule has 0 bridgehead atoms. The van der Waals surface area contributed by atoms with Gasteiger partial charge in [-0.2, -0.15) is 0 Å². The summed E-state index contributed by atoms with van der Waals surface area (Å²) < 4.78 is 1.90. The van der Waals surface area contributed by atoms with Crippen LogP contribution in [-0.2, 0) is 11.8 Å². The number of anilines is 2. The summed E-state index contributed by atoms with van der Waals surface area (Å²) in [6, 6.07) is 12.2. The van der Waals surface area contributed by atoms with Gasteiger partial charge in [0.25, 0.3) is 5.91 Å². The second-order valence-corrected chi connectivity index (χ2v) is 7.46. The molecule has 30 heavy (non-hydrogen) atoms. The molecule has 0 radical (unpaired) electrons. The van der Waals surface area contributed by atoms with E-state index in [2.05, 4.69) is 15.3 Å². The first-order chi connectivity index (χ1) is 14.4. The Morgan fingerprint density at radius 3 is 2.70 bits per heavy atom. The third-order valence-corrected chi connectivity index (χ3v) is 5.36. The Morgan fingerprint density at radius 1 is 1.20 bits per heavy atom. The number of nitrogens with zero attached hydrogens (tertiary/aromatic N) is 3. The van der Waals surface area contributed by atoms with Crippen molar-refractivity contribution in [3.05, 3.63) is 71.1 Å². The molecule has 0 aliphatic heterocycles. The van der Waals surface area contributed by atoms with Crippen molar-refractivity contribution >= 4 is 40.0 Å². The molecule has 1 atom stereocenters. The van der Waals surface area contributed by atoms with Gasteiger partial charge in [-0.25, -0.2) is 9.97 Å².